The van der Waals surface area contributed by atoms with E-state index in [4.69, 9.17) is 21.1 Å². The molecular formula is C11H10ClN5O4. The Bertz CT molecular complexity index is 659. The van der Waals surface area contributed by atoms with Crippen molar-refractivity contribution in [3.05, 3.63) is 39.6 Å². The third-order valence-electron chi connectivity index (χ3n) is 2.85. The van der Waals surface area contributed by atoms with Gasteiger partial charge in [0, 0.05) is 4.98 Å². The molecule has 1 aliphatic heterocycles. The summed E-state index contributed by atoms with van der Waals surface area (Å²) in [5, 5.41) is 11.0. The Morgan fingerprint density at radius 2 is 2.38 bits per heavy atom. The second kappa shape index (κ2) is 5.62. The third kappa shape index (κ3) is 3.09. The van der Waals surface area contributed by atoms with Crippen LogP contribution in [-0.4, -0.2) is 37.2 Å². The first-order valence-electron chi connectivity index (χ1n) is 6.04. The molecule has 0 aromatic carbocycles. The van der Waals surface area contributed by atoms with Gasteiger partial charge in [-0.25, -0.2) is 4.98 Å². The van der Waals surface area contributed by atoms with Crippen LogP contribution in [0.4, 0.5) is 5.82 Å². The van der Waals surface area contributed by atoms with Crippen molar-refractivity contribution in [3.8, 4) is 6.01 Å². The molecule has 2 aromatic heterocycles. The molecule has 0 spiro atoms. The molecular weight excluding hydrogens is 302 g/mol. The number of fused-ring (bicyclic) bond motifs is 1. The first-order valence-corrected chi connectivity index (χ1v) is 6.42. The molecule has 2 aromatic rings. The number of halogens is 1. The van der Waals surface area contributed by atoms with E-state index in [2.05, 4.69) is 15.0 Å². The lowest BCUT2D eigenvalue weighted by atomic mass is 10.3. The van der Waals surface area contributed by atoms with E-state index in [1.165, 1.54) is 18.6 Å². The minimum absolute atomic E-state index is 0.229. The first-order chi connectivity index (χ1) is 10.1. The molecule has 3 heterocycles. The van der Waals surface area contributed by atoms with Crippen LogP contribution in [0.5, 0.6) is 6.01 Å². The Balaban J connectivity index is 1.61. The van der Waals surface area contributed by atoms with Crippen molar-refractivity contribution in [1.29, 1.82) is 0 Å². The molecule has 0 bridgehead atoms. The van der Waals surface area contributed by atoms with Gasteiger partial charge in [-0.3, -0.25) is 9.55 Å². The highest BCUT2D eigenvalue weighted by molar-refractivity contribution is 6.29. The second-order valence-corrected chi connectivity index (χ2v) is 4.75. The van der Waals surface area contributed by atoms with Crippen LogP contribution in [-0.2, 0) is 17.9 Å². The van der Waals surface area contributed by atoms with Gasteiger partial charge in [-0.2, -0.15) is 0 Å². The Labute approximate surface area is 123 Å². The maximum absolute atomic E-state index is 10.7. The van der Waals surface area contributed by atoms with Crippen molar-refractivity contribution in [3.63, 3.8) is 0 Å². The van der Waals surface area contributed by atoms with Gasteiger partial charge in [-0.05, 0) is 4.92 Å². The number of nitrogens with zero attached hydrogens (tertiary/aromatic N) is 5. The average molecular weight is 312 g/mol. The molecule has 0 saturated carbocycles. The van der Waals surface area contributed by atoms with Crippen molar-refractivity contribution >= 4 is 17.4 Å². The molecule has 0 aliphatic carbocycles. The van der Waals surface area contributed by atoms with Crippen LogP contribution in [0.25, 0.3) is 0 Å². The van der Waals surface area contributed by atoms with Crippen molar-refractivity contribution < 1.29 is 14.4 Å². The number of nitro groups is 1. The van der Waals surface area contributed by atoms with E-state index in [1.807, 2.05) is 0 Å². The summed E-state index contributed by atoms with van der Waals surface area (Å²) in [6.45, 7) is 0.955. The molecule has 0 radical (unpaired) electrons. The van der Waals surface area contributed by atoms with Crippen molar-refractivity contribution in [2.75, 3.05) is 6.61 Å². The summed E-state index contributed by atoms with van der Waals surface area (Å²) in [6.07, 6.45) is 4.05. The summed E-state index contributed by atoms with van der Waals surface area (Å²) in [7, 11) is 0. The summed E-state index contributed by atoms with van der Waals surface area (Å²) in [5.74, 6) is -0.241. The van der Waals surface area contributed by atoms with Crippen LogP contribution in [0.3, 0.4) is 0 Å². The normalized spacial score (nSPS) is 17.1. The van der Waals surface area contributed by atoms with Gasteiger partial charge in [-0.1, -0.05) is 11.6 Å². The first kappa shape index (κ1) is 13.7. The van der Waals surface area contributed by atoms with Gasteiger partial charge in [0.05, 0.1) is 31.2 Å². The minimum Gasteiger partial charge on any atom is -0.443 e. The highest BCUT2D eigenvalue weighted by atomic mass is 35.5. The second-order valence-electron chi connectivity index (χ2n) is 4.37. The van der Waals surface area contributed by atoms with Crippen LogP contribution in [0, 0.1) is 10.1 Å². The predicted octanol–water partition coefficient (Wildman–Crippen LogP) is 1.21. The maximum Gasteiger partial charge on any atom is 0.414 e. The molecule has 0 unspecified atom stereocenters. The van der Waals surface area contributed by atoms with Gasteiger partial charge in [0.25, 0.3) is 0 Å². The predicted molar refractivity (Wildman–Crippen MR) is 70.0 cm³/mol. The number of rotatable bonds is 4. The summed E-state index contributed by atoms with van der Waals surface area (Å²) >= 11 is 5.64. The Morgan fingerprint density at radius 3 is 3.10 bits per heavy atom. The summed E-state index contributed by atoms with van der Waals surface area (Å²) in [5.41, 5.74) is 0.641. The van der Waals surface area contributed by atoms with Crippen molar-refractivity contribution in [2.45, 2.75) is 19.3 Å². The number of aromatic nitrogens is 4. The molecule has 0 fully saturated rings. The molecule has 1 atom stereocenters. The SMILES string of the molecule is O=[N+]([O-])c1cn2c(n1)OC[C@@H](OCc1cnc(Cl)cn1)C2. The van der Waals surface area contributed by atoms with Gasteiger partial charge < -0.3 is 19.6 Å². The van der Waals surface area contributed by atoms with E-state index < -0.39 is 4.92 Å². The molecule has 3 rings (SSSR count). The van der Waals surface area contributed by atoms with Gasteiger partial charge in [0.2, 0.25) is 0 Å². The molecule has 1 aliphatic rings. The van der Waals surface area contributed by atoms with Gasteiger partial charge in [0.15, 0.2) is 0 Å². The average Bonchev–Trinajstić information content (AvgIpc) is 2.90. The zero-order valence-electron chi connectivity index (χ0n) is 10.7. The fourth-order valence-corrected chi connectivity index (χ4v) is 1.97. The van der Waals surface area contributed by atoms with Crippen LogP contribution in [0.1, 0.15) is 5.69 Å². The van der Waals surface area contributed by atoms with Crippen LogP contribution in [0.15, 0.2) is 18.6 Å². The fourth-order valence-electron chi connectivity index (χ4n) is 1.88. The summed E-state index contributed by atoms with van der Waals surface area (Å²) < 4.78 is 12.5. The third-order valence-corrected chi connectivity index (χ3v) is 3.05. The topological polar surface area (TPSA) is 105 Å². The van der Waals surface area contributed by atoms with Crippen LogP contribution < -0.4 is 4.74 Å². The zero-order chi connectivity index (χ0) is 14.8. The lowest BCUT2D eigenvalue weighted by molar-refractivity contribution is -0.389. The quantitative estimate of drug-likeness (QED) is 0.617. The summed E-state index contributed by atoms with van der Waals surface area (Å²) in [4.78, 5) is 21.8. The Kier molecular flexibility index (Phi) is 3.67. The van der Waals surface area contributed by atoms with Crippen LogP contribution >= 0.6 is 11.6 Å². The Morgan fingerprint density at radius 1 is 1.52 bits per heavy atom. The lowest BCUT2D eigenvalue weighted by Gasteiger charge is -2.22. The zero-order valence-corrected chi connectivity index (χ0v) is 11.4. The molecule has 9 nitrogen and oxygen atoms in total. The molecule has 0 amide bonds. The fraction of sp³-hybridized carbons (Fsp3) is 0.364. The van der Waals surface area contributed by atoms with E-state index in [0.29, 0.717) is 17.4 Å². The molecule has 110 valence electrons. The largest absolute Gasteiger partial charge is 0.443 e. The molecule has 21 heavy (non-hydrogen) atoms. The lowest BCUT2D eigenvalue weighted by Crippen LogP contribution is -2.32. The van der Waals surface area contributed by atoms with E-state index in [0.717, 1.165) is 0 Å². The standard InChI is InChI=1S/C11H10ClN5O4/c12-9-2-13-7(1-14-9)5-20-8-3-16-4-10(17(18)19)15-11(16)21-6-8/h1-2,4,8H,3,5-6H2/t8-/m0/s1. The molecule has 10 heteroatoms. The van der Waals surface area contributed by atoms with E-state index in [9.17, 15) is 10.1 Å². The maximum atomic E-state index is 10.7. The number of imidazole rings is 1. The van der Waals surface area contributed by atoms with Gasteiger partial charge >= 0.3 is 11.8 Å². The van der Waals surface area contributed by atoms with Crippen molar-refractivity contribution in [2.24, 2.45) is 0 Å². The minimum atomic E-state index is -0.562. The number of hydrogen-bond donors (Lipinski definition) is 0. The number of hydrogen-bond acceptors (Lipinski definition) is 7. The van der Waals surface area contributed by atoms with Crippen LogP contribution in [0.2, 0.25) is 5.15 Å². The van der Waals surface area contributed by atoms with E-state index >= 15 is 0 Å². The smallest absolute Gasteiger partial charge is 0.414 e. The molecule has 0 saturated heterocycles. The van der Waals surface area contributed by atoms with E-state index in [1.54, 1.807) is 4.57 Å². The van der Waals surface area contributed by atoms with Gasteiger partial charge in [-0.15, -0.1) is 0 Å². The Hall–Kier alpha value is -2.26. The van der Waals surface area contributed by atoms with Gasteiger partial charge in [0.1, 0.15) is 24.1 Å². The monoisotopic (exact) mass is 311 g/mol. The highest BCUT2D eigenvalue weighted by Crippen LogP contribution is 2.22. The molecule has 0 N–H and O–H groups in total. The summed E-state index contributed by atoms with van der Waals surface area (Å²) in [6, 6.07) is 0.229. The number of ether oxygens (including phenoxy) is 2. The van der Waals surface area contributed by atoms with E-state index in [-0.39, 0.29) is 31.1 Å². The highest BCUT2D eigenvalue weighted by Gasteiger charge is 2.28. The van der Waals surface area contributed by atoms with Crippen molar-refractivity contribution in [1.82, 2.24) is 19.5 Å².